The third kappa shape index (κ3) is 7.57. The number of benzene rings is 1. The van der Waals surface area contributed by atoms with Gasteiger partial charge in [0.25, 0.3) is 0 Å². The van der Waals surface area contributed by atoms with Gasteiger partial charge in [-0.1, -0.05) is 38.1 Å². The lowest BCUT2D eigenvalue weighted by Gasteiger charge is -2.12. The number of sulfonamides is 1. The summed E-state index contributed by atoms with van der Waals surface area (Å²) in [5, 5.41) is 3.32. The Labute approximate surface area is 128 Å². The van der Waals surface area contributed by atoms with E-state index in [2.05, 4.69) is 23.9 Å². The average molecular weight is 314 g/mol. The van der Waals surface area contributed by atoms with Gasteiger partial charge in [-0.25, -0.2) is 13.1 Å². The standard InChI is InChI=1S/C15H26N2O3S/c1-12(2)16-10-14-5-7-15(8-6-14)11-21(18,19)17-9-13(3)20-4/h5-8,12-13,16-17H,9-11H2,1-4H3. The summed E-state index contributed by atoms with van der Waals surface area (Å²) in [7, 11) is -1.77. The van der Waals surface area contributed by atoms with E-state index in [0.29, 0.717) is 6.04 Å². The zero-order valence-electron chi connectivity index (χ0n) is 13.2. The summed E-state index contributed by atoms with van der Waals surface area (Å²) >= 11 is 0. The molecule has 0 aromatic heterocycles. The highest BCUT2D eigenvalue weighted by Gasteiger charge is 2.12. The minimum Gasteiger partial charge on any atom is -0.380 e. The molecule has 0 fully saturated rings. The fourth-order valence-electron chi connectivity index (χ4n) is 1.67. The van der Waals surface area contributed by atoms with Crippen molar-refractivity contribution in [3.63, 3.8) is 0 Å². The third-order valence-electron chi connectivity index (χ3n) is 3.09. The number of methoxy groups -OCH3 is 1. The molecule has 120 valence electrons. The molecule has 1 aromatic rings. The molecular weight excluding hydrogens is 288 g/mol. The fraction of sp³-hybridized carbons (Fsp3) is 0.600. The molecule has 0 aliphatic carbocycles. The number of nitrogens with one attached hydrogen (secondary N) is 2. The maximum atomic E-state index is 11.9. The van der Waals surface area contributed by atoms with Crippen molar-refractivity contribution < 1.29 is 13.2 Å². The van der Waals surface area contributed by atoms with Crippen molar-refractivity contribution in [2.75, 3.05) is 13.7 Å². The van der Waals surface area contributed by atoms with Crippen LogP contribution in [-0.2, 0) is 27.1 Å². The lowest BCUT2D eigenvalue weighted by molar-refractivity contribution is 0.122. The lowest BCUT2D eigenvalue weighted by Crippen LogP contribution is -2.32. The predicted octanol–water partition coefficient (Wildman–Crippen LogP) is 1.64. The molecule has 0 amide bonds. The van der Waals surface area contributed by atoms with Crippen LogP contribution in [0.1, 0.15) is 31.9 Å². The van der Waals surface area contributed by atoms with Crippen LogP contribution >= 0.6 is 0 Å². The maximum absolute atomic E-state index is 11.9. The second kappa shape index (κ2) is 8.48. The van der Waals surface area contributed by atoms with Crippen LogP contribution < -0.4 is 10.0 Å². The molecule has 6 heteroatoms. The SMILES string of the molecule is COC(C)CNS(=O)(=O)Cc1ccc(CNC(C)C)cc1. The second-order valence-corrected chi connectivity index (χ2v) is 7.31. The topological polar surface area (TPSA) is 67.4 Å². The highest BCUT2D eigenvalue weighted by Crippen LogP contribution is 2.08. The summed E-state index contributed by atoms with van der Waals surface area (Å²) in [6.45, 7) is 7.07. The van der Waals surface area contributed by atoms with E-state index >= 15 is 0 Å². The Bertz CT molecular complexity index is 512. The van der Waals surface area contributed by atoms with Gasteiger partial charge in [0.15, 0.2) is 0 Å². The van der Waals surface area contributed by atoms with Crippen LogP contribution in [0.4, 0.5) is 0 Å². The first-order valence-electron chi connectivity index (χ1n) is 7.13. The van der Waals surface area contributed by atoms with E-state index in [0.717, 1.165) is 17.7 Å². The molecule has 0 saturated carbocycles. The fourth-order valence-corrected chi connectivity index (χ4v) is 2.90. The van der Waals surface area contributed by atoms with Crippen LogP contribution in [0.15, 0.2) is 24.3 Å². The Morgan fingerprint density at radius 1 is 1.10 bits per heavy atom. The third-order valence-corrected chi connectivity index (χ3v) is 4.41. The maximum Gasteiger partial charge on any atom is 0.215 e. The number of hydrogen-bond acceptors (Lipinski definition) is 4. The Morgan fingerprint density at radius 2 is 1.67 bits per heavy atom. The molecule has 0 bridgehead atoms. The molecule has 0 aliphatic heterocycles. The van der Waals surface area contributed by atoms with Gasteiger partial charge in [-0.2, -0.15) is 0 Å². The molecule has 1 unspecified atom stereocenters. The van der Waals surface area contributed by atoms with Crippen molar-refractivity contribution in [3.8, 4) is 0 Å². The van der Waals surface area contributed by atoms with Crippen molar-refractivity contribution in [3.05, 3.63) is 35.4 Å². The number of rotatable bonds is 9. The Hall–Kier alpha value is -0.950. The Morgan fingerprint density at radius 3 is 2.19 bits per heavy atom. The Kier molecular flexibility index (Phi) is 7.31. The van der Waals surface area contributed by atoms with E-state index in [-0.39, 0.29) is 18.4 Å². The van der Waals surface area contributed by atoms with Crippen molar-refractivity contribution in [2.45, 2.75) is 45.2 Å². The molecule has 5 nitrogen and oxygen atoms in total. The largest absolute Gasteiger partial charge is 0.380 e. The minimum absolute atomic E-state index is 0.0126. The summed E-state index contributed by atoms with van der Waals surface area (Å²) < 4.78 is 31.5. The van der Waals surface area contributed by atoms with Gasteiger partial charge < -0.3 is 10.1 Å². The van der Waals surface area contributed by atoms with Gasteiger partial charge in [-0.15, -0.1) is 0 Å². The summed E-state index contributed by atoms with van der Waals surface area (Å²) in [4.78, 5) is 0. The van der Waals surface area contributed by atoms with Gasteiger partial charge in [-0.05, 0) is 18.1 Å². The van der Waals surface area contributed by atoms with Crippen molar-refractivity contribution in [1.29, 1.82) is 0 Å². The quantitative estimate of drug-likeness (QED) is 0.727. The van der Waals surface area contributed by atoms with E-state index in [9.17, 15) is 8.42 Å². The van der Waals surface area contributed by atoms with Crippen molar-refractivity contribution in [1.82, 2.24) is 10.0 Å². The first-order valence-corrected chi connectivity index (χ1v) is 8.79. The summed E-state index contributed by atoms with van der Waals surface area (Å²) in [6.07, 6.45) is -0.135. The zero-order valence-corrected chi connectivity index (χ0v) is 14.0. The van der Waals surface area contributed by atoms with Crippen LogP contribution in [0.2, 0.25) is 0 Å². The predicted molar refractivity (Wildman–Crippen MR) is 85.5 cm³/mol. The highest BCUT2D eigenvalue weighted by atomic mass is 32.2. The molecule has 1 atom stereocenters. The van der Waals surface area contributed by atoms with Gasteiger partial charge in [-0.3, -0.25) is 0 Å². The molecule has 0 radical (unpaired) electrons. The molecule has 0 aliphatic rings. The van der Waals surface area contributed by atoms with E-state index in [4.69, 9.17) is 4.74 Å². The first kappa shape index (κ1) is 18.1. The zero-order chi connectivity index (χ0) is 15.9. The summed E-state index contributed by atoms with van der Waals surface area (Å²) in [5.41, 5.74) is 1.92. The van der Waals surface area contributed by atoms with Crippen LogP contribution in [0.3, 0.4) is 0 Å². The second-order valence-electron chi connectivity index (χ2n) is 5.51. The van der Waals surface area contributed by atoms with Crippen LogP contribution in [0.5, 0.6) is 0 Å². The van der Waals surface area contributed by atoms with E-state index < -0.39 is 10.0 Å². The Balaban J connectivity index is 2.54. The highest BCUT2D eigenvalue weighted by molar-refractivity contribution is 7.88. The van der Waals surface area contributed by atoms with E-state index in [1.165, 1.54) is 0 Å². The van der Waals surface area contributed by atoms with Crippen molar-refractivity contribution >= 4 is 10.0 Å². The van der Waals surface area contributed by atoms with Gasteiger partial charge in [0, 0.05) is 26.2 Å². The summed E-state index contributed by atoms with van der Waals surface area (Å²) in [5.74, 6) is -0.0126. The first-order chi connectivity index (χ1) is 9.82. The molecule has 0 spiro atoms. The smallest absolute Gasteiger partial charge is 0.215 e. The van der Waals surface area contributed by atoms with Gasteiger partial charge in [0.05, 0.1) is 11.9 Å². The van der Waals surface area contributed by atoms with Gasteiger partial charge >= 0.3 is 0 Å². The van der Waals surface area contributed by atoms with Crippen LogP contribution in [0, 0.1) is 0 Å². The molecule has 0 heterocycles. The molecule has 0 saturated heterocycles. The lowest BCUT2D eigenvalue weighted by atomic mass is 10.1. The van der Waals surface area contributed by atoms with Gasteiger partial charge in [0.1, 0.15) is 0 Å². The molecule has 21 heavy (non-hydrogen) atoms. The normalized spacial score (nSPS) is 13.6. The number of ether oxygens (including phenoxy) is 1. The molecular formula is C15H26N2O3S. The summed E-state index contributed by atoms with van der Waals surface area (Å²) in [6, 6.07) is 8.06. The van der Waals surface area contributed by atoms with E-state index in [1.807, 2.05) is 31.2 Å². The van der Waals surface area contributed by atoms with E-state index in [1.54, 1.807) is 7.11 Å². The molecule has 1 aromatic carbocycles. The van der Waals surface area contributed by atoms with Gasteiger partial charge in [0.2, 0.25) is 10.0 Å². The molecule has 1 rings (SSSR count). The van der Waals surface area contributed by atoms with Crippen molar-refractivity contribution in [2.24, 2.45) is 0 Å². The average Bonchev–Trinajstić information content (AvgIpc) is 2.43. The minimum atomic E-state index is -3.32. The van der Waals surface area contributed by atoms with Crippen LogP contribution in [-0.4, -0.2) is 34.2 Å². The monoisotopic (exact) mass is 314 g/mol. The number of hydrogen-bond donors (Lipinski definition) is 2. The molecule has 2 N–H and O–H groups in total. The van der Waals surface area contributed by atoms with Crippen LogP contribution in [0.25, 0.3) is 0 Å².